The molecule has 92 valence electrons. The molecule has 0 saturated heterocycles. The molecule has 0 radical (unpaired) electrons. The predicted octanol–water partition coefficient (Wildman–Crippen LogP) is 1.99. The van der Waals surface area contributed by atoms with Crippen molar-refractivity contribution in [3.05, 3.63) is 40.6 Å². The average molecular weight is 237 g/mol. The molecule has 0 spiro atoms. The van der Waals surface area contributed by atoms with Gasteiger partial charge in [0.05, 0.1) is 18.9 Å². The van der Waals surface area contributed by atoms with E-state index in [0.29, 0.717) is 19.8 Å². The van der Waals surface area contributed by atoms with Gasteiger partial charge < -0.3 is 20.2 Å². The maximum absolute atomic E-state index is 10.4. The van der Waals surface area contributed by atoms with Crippen molar-refractivity contribution < 1.29 is 9.66 Å². The summed E-state index contributed by atoms with van der Waals surface area (Å²) in [6.07, 6.45) is 1.43. The summed E-state index contributed by atoms with van der Waals surface area (Å²) in [6.45, 7) is 7.32. The SMILES string of the molecule is C=C(C)COCCNc1ccc([N+](=O)[O-])nc1. The van der Waals surface area contributed by atoms with E-state index in [1.54, 1.807) is 6.07 Å². The molecule has 0 aliphatic rings. The van der Waals surface area contributed by atoms with Gasteiger partial charge in [-0.3, -0.25) is 0 Å². The maximum Gasteiger partial charge on any atom is 0.363 e. The molecule has 0 bridgehead atoms. The molecule has 6 nitrogen and oxygen atoms in total. The summed E-state index contributed by atoms with van der Waals surface area (Å²) in [7, 11) is 0. The second-order valence-corrected chi connectivity index (χ2v) is 3.60. The van der Waals surface area contributed by atoms with E-state index in [-0.39, 0.29) is 5.82 Å². The largest absolute Gasteiger partial charge is 0.380 e. The van der Waals surface area contributed by atoms with E-state index in [4.69, 9.17) is 4.74 Å². The van der Waals surface area contributed by atoms with E-state index >= 15 is 0 Å². The van der Waals surface area contributed by atoms with Crippen molar-refractivity contribution in [1.82, 2.24) is 4.98 Å². The van der Waals surface area contributed by atoms with Crippen molar-refractivity contribution in [3.8, 4) is 0 Å². The summed E-state index contributed by atoms with van der Waals surface area (Å²) in [6, 6.07) is 2.97. The number of rotatable bonds is 7. The van der Waals surface area contributed by atoms with Crippen LogP contribution in [0.4, 0.5) is 11.5 Å². The van der Waals surface area contributed by atoms with E-state index in [0.717, 1.165) is 11.3 Å². The number of hydrogen-bond donors (Lipinski definition) is 1. The third-order valence-electron chi connectivity index (χ3n) is 1.86. The number of anilines is 1. The fourth-order valence-corrected chi connectivity index (χ4v) is 1.11. The summed E-state index contributed by atoms with van der Waals surface area (Å²) in [4.78, 5) is 13.5. The van der Waals surface area contributed by atoms with Crippen molar-refractivity contribution in [2.45, 2.75) is 6.92 Å². The lowest BCUT2D eigenvalue weighted by molar-refractivity contribution is -0.389. The summed E-state index contributed by atoms with van der Waals surface area (Å²) < 4.78 is 5.29. The smallest absolute Gasteiger partial charge is 0.363 e. The standard InChI is InChI=1S/C11H15N3O3/c1-9(2)8-17-6-5-12-10-3-4-11(13-7-10)14(15)16/h3-4,7,12H,1,5-6,8H2,2H3. The lowest BCUT2D eigenvalue weighted by Gasteiger charge is -2.05. The molecule has 0 aromatic carbocycles. The number of ether oxygens (including phenoxy) is 1. The summed E-state index contributed by atoms with van der Waals surface area (Å²) >= 11 is 0. The second kappa shape index (κ2) is 6.59. The van der Waals surface area contributed by atoms with Crippen molar-refractivity contribution in [2.75, 3.05) is 25.1 Å². The zero-order valence-electron chi connectivity index (χ0n) is 9.68. The van der Waals surface area contributed by atoms with Gasteiger partial charge in [-0.05, 0) is 22.9 Å². The minimum Gasteiger partial charge on any atom is -0.380 e. The van der Waals surface area contributed by atoms with E-state index in [1.807, 2.05) is 6.92 Å². The number of pyridine rings is 1. The van der Waals surface area contributed by atoms with Gasteiger partial charge >= 0.3 is 5.82 Å². The molecule has 1 rings (SSSR count). The van der Waals surface area contributed by atoms with Gasteiger partial charge in [-0.15, -0.1) is 0 Å². The van der Waals surface area contributed by atoms with Crippen LogP contribution in [0.25, 0.3) is 0 Å². The number of aromatic nitrogens is 1. The van der Waals surface area contributed by atoms with Crippen molar-refractivity contribution >= 4 is 11.5 Å². The van der Waals surface area contributed by atoms with Crippen LogP contribution in [0.2, 0.25) is 0 Å². The van der Waals surface area contributed by atoms with Crippen LogP contribution in [-0.2, 0) is 4.74 Å². The molecule has 1 aromatic heterocycles. The number of hydrogen-bond acceptors (Lipinski definition) is 5. The van der Waals surface area contributed by atoms with Crippen LogP contribution in [0, 0.1) is 10.1 Å². The van der Waals surface area contributed by atoms with Crippen LogP contribution < -0.4 is 5.32 Å². The Kier molecular flexibility index (Phi) is 5.09. The molecule has 17 heavy (non-hydrogen) atoms. The minimum atomic E-state index is -0.528. The third-order valence-corrected chi connectivity index (χ3v) is 1.86. The van der Waals surface area contributed by atoms with E-state index in [1.165, 1.54) is 12.3 Å². The topological polar surface area (TPSA) is 77.3 Å². The van der Waals surface area contributed by atoms with E-state index in [9.17, 15) is 10.1 Å². The Hall–Kier alpha value is -1.95. The molecule has 1 heterocycles. The van der Waals surface area contributed by atoms with Gasteiger partial charge in [-0.2, -0.15) is 0 Å². The van der Waals surface area contributed by atoms with Crippen molar-refractivity contribution in [2.24, 2.45) is 0 Å². The predicted molar refractivity (Wildman–Crippen MR) is 65.0 cm³/mol. The molecule has 6 heteroatoms. The number of nitrogens with one attached hydrogen (secondary N) is 1. The van der Waals surface area contributed by atoms with Gasteiger partial charge in [-0.1, -0.05) is 12.2 Å². The first-order valence-electron chi connectivity index (χ1n) is 5.16. The van der Waals surface area contributed by atoms with Crippen LogP contribution in [-0.4, -0.2) is 29.7 Å². The molecule has 0 aliphatic carbocycles. The number of nitro groups is 1. The van der Waals surface area contributed by atoms with Gasteiger partial charge in [0, 0.05) is 12.6 Å². The molecule has 1 aromatic rings. The van der Waals surface area contributed by atoms with Gasteiger partial charge in [-0.25, -0.2) is 0 Å². The quantitative estimate of drug-likeness (QED) is 0.339. The van der Waals surface area contributed by atoms with Gasteiger partial charge in [0.1, 0.15) is 0 Å². The highest BCUT2D eigenvalue weighted by molar-refractivity contribution is 5.43. The summed E-state index contributed by atoms with van der Waals surface area (Å²) in [5, 5.41) is 13.4. The molecular weight excluding hydrogens is 222 g/mol. The molecule has 0 fully saturated rings. The monoisotopic (exact) mass is 237 g/mol. The molecule has 1 N–H and O–H groups in total. The first-order chi connectivity index (χ1) is 8.09. The van der Waals surface area contributed by atoms with Gasteiger partial charge in [0.25, 0.3) is 0 Å². The highest BCUT2D eigenvalue weighted by Crippen LogP contribution is 2.10. The van der Waals surface area contributed by atoms with Crippen molar-refractivity contribution in [3.63, 3.8) is 0 Å². The zero-order chi connectivity index (χ0) is 12.7. The second-order valence-electron chi connectivity index (χ2n) is 3.60. The average Bonchev–Trinajstić information content (AvgIpc) is 2.29. The highest BCUT2D eigenvalue weighted by atomic mass is 16.6. The summed E-state index contributed by atoms with van der Waals surface area (Å²) in [5.74, 6) is -0.158. The molecule has 0 aliphatic heterocycles. The normalized spacial score (nSPS) is 9.94. The highest BCUT2D eigenvalue weighted by Gasteiger charge is 2.05. The van der Waals surface area contributed by atoms with Crippen LogP contribution in [0.3, 0.4) is 0 Å². The molecule has 0 amide bonds. The first-order valence-corrected chi connectivity index (χ1v) is 5.16. The van der Waals surface area contributed by atoms with Crippen LogP contribution in [0.5, 0.6) is 0 Å². The zero-order valence-corrected chi connectivity index (χ0v) is 9.68. The summed E-state index contributed by atoms with van der Waals surface area (Å²) in [5.41, 5.74) is 1.71. The fourth-order valence-electron chi connectivity index (χ4n) is 1.11. The van der Waals surface area contributed by atoms with Crippen molar-refractivity contribution in [1.29, 1.82) is 0 Å². The lowest BCUT2D eigenvalue weighted by Crippen LogP contribution is -2.10. The van der Waals surface area contributed by atoms with Gasteiger partial charge in [0.15, 0.2) is 6.20 Å². The fraction of sp³-hybridized carbons (Fsp3) is 0.364. The minimum absolute atomic E-state index is 0.158. The van der Waals surface area contributed by atoms with Gasteiger partial charge in [0.2, 0.25) is 0 Å². The van der Waals surface area contributed by atoms with E-state index in [2.05, 4.69) is 16.9 Å². The van der Waals surface area contributed by atoms with Crippen LogP contribution in [0.1, 0.15) is 6.92 Å². The molecular formula is C11H15N3O3. The first kappa shape index (κ1) is 13.1. The Morgan fingerprint density at radius 1 is 1.65 bits per heavy atom. The molecule has 0 atom stereocenters. The Morgan fingerprint density at radius 3 is 2.94 bits per heavy atom. The Morgan fingerprint density at radius 2 is 2.41 bits per heavy atom. The maximum atomic E-state index is 10.4. The van der Waals surface area contributed by atoms with E-state index < -0.39 is 4.92 Å². The Balaban J connectivity index is 2.27. The van der Waals surface area contributed by atoms with Crippen LogP contribution in [0.15, 0.2) is 30.5 Å². The Bertz CT molecular complexity index is 389. The number of nitrogens with zero attached hydrogens (tertiary/aromatic N) is 2. The lowest BCUT2D eigenvalue weighted by atomic mass is 10.4. The molecule has 0 unspecified atom stereocenters. The van der Waals surface area contributed by atoms with Crippen LogP contribution >= 0.6 is 0 Å². The Labute approximate surface area is 99.5 Å². The molecule has 0 saturated carbocycles. The third kappa shape index (κ3) is 5.07.